The fraction of sp³-hybridized carbons (Fsp3) is 0.605. The van der Waals surface area contributed by atoms with Crippen LogP contribution in [-0.4, -0.2) is 39.9 Å². The van der Waals surface area contributed by atoms with Gasteiger partial charge in [0.1, 0.15) is 5.78 Å². The van der Waals surface area contributed by atoms with E-state index in [1.54, 1.807) is 0 Å². The second-order valence-electron chi connectivity index (χ2n) is 19.2. The normalized spacial score (nSPS) is 38.8. The molecule has 50 heavy (non-hydrogen) atoms. The van der Waals surface area contributed by atoms with E-state index in [1.165, 1.54) is 20.9 Å². The molecule has 0 radical (unpaired) electrons. The van der Waals surface area contributed by atoms with Crippen molar-refractivity contribution >= 4 is 35.1 Å². The number of imide groups is 2. The molecule has 0 N–H and O–H groups in total. The molecule has 2 aromatic carbocycles. The number of benzene rings is 2. The molecule has 4 bridgehead atoms. The Balaban J connectivity index is 0.954. The van der Waals surface area contributed by atoms with Gasteiger partial charge in [-0.15, -0.1) is 0 Å². The number of fused-ring (bicyclic) bond motifs is 12. The highest BCUT2D eigenvalue weighted by Crippen LogP contribution is 2.74. The van der Waals surface area contributed by atoms with Crippen LogP contribution >= 0.6 is 0 Å². The van der Waals surface area contributed by atoms with Crippen molar-refractivity contribution in [3.05, 3.63) is 65.2 Å². The predicted octanol–water partition coefficient (Wildman–Crippen LogP) is 6.89. The quantitative estimate of drug-likeness (QED) is 0.331. The second kappa shape index (κ2) is 10.3. The Labute approximate surface area is 295 Å². The third-order valence-electron chi connectivity index (χ3n) is 14.7. The minimum absolute atomic E-state index is 0.0262. The van der Waals surface area contributed by atoms with Crippen molar-refractivity contribution in [3.63, 3.8) is 0 Å². The third kappa shape index (κ3) is 4.12. The molecule has 262 valence electrons. The summed E-state index contributed by atoms with van der Waals surface area (Å²) in [7, 11) is 0. The molecule has 9 rings (SSSR count). The Bertz CT molecular complexity index is 1850. The van der Waals surface area contributed by atoms with Crippen LogP contribution in [0.2, 0.25) is 0 Å². The Hall–Kier alpha value is -3.61. The van der Waals surface area contributed by atoms with Crippen LogP contribution in [0, 0.1) is 58.2 Å². The van der Waals surface area contributed by atoms with Gasteiger partial charge in [-0.2, -0.15) is 0 Å². The number of carbonyl (C=O) groups excluding carboxylic acids is 5. The van der Waals surface area contributed by atoms with E-state index in [4.69, 9.17) is 0 Å². The predicted molar refractivity (Wildman–Crippen MR) is 189 cm³/mol. The lowest BCUT2D eigenvalue weighted by molar-refractivity contribution is -0.159. The van der Waals surface area contributed by atoms with E-state index in [9.17, 15) is 19.2 Å². The molecule has 7 heteroatoms. The van der Waals surface area contributed by atoms with Gasteiger partial charge in [0.2, 0.25) is 23.6 Å². The Morgan fingerprint density at radius 2 is 1.08 bits per heavy atom. The summed E-state index contributed by atoms with van der Waals surface area (Å²) in [5.41, 5.74) is 2.56. The highest BCUT2D eigenvalue weighted by Gasteiger charge is 2.77. The molecule has 2 spiro atoms. The number of hydrogen-bond donors (Lipinski definition) is 0. The minimum Gasteiger partial charge on any atom is -0.298 e. The fourth-order valence-electron chi connectivity index (χ4n) is 12.9. The molecular formula is C43H50N2O5. The maximum Gasteiger partial charge on any atom is 0.238 e. The number of Topliss-reactive ketones (excluding diaryl/α,β-unsaturated/α-hetero) is 1. The third-order valence-corrected chi connectivity index (χ3v) is 14.7. The largest absolute Gasteiger partial charge is 0.298 e. The van der Waals surface area contributed by atoms with Crippen molar-refractivity contribution < 1.29 is 24.0 Å². The summed E-state index contributed by atoms with van der Waals surface area (Å²) in [6.45, 7) is 12.4. The summed E-state index contributed by atoms with van der Waals surface area (Å²) in [5, 5.41) is 0. The van der Waals surface area contributed by atoms with Gasteiger partial charge in [-0.1, -0.05) is 63.6 Å². The SMILES string of the molecule is CC(C)(C)c1ccc(Cc2ccc(N3C(=O)C4C5CC(C4C3=O)C3(CCCC4(CC6CC4C4C(=O)N(C(C)(C)C)C(=O)C64)C3=O)C5)cc2)cc1. The van der Waals surface area contributed by atoms with Gasteiger partial charge in [-0.3, -0.25) is 33.8 Å². The molecule has 2 aliphatic heterocycles. The van der Waals surface area contributed by atoms with E-state index >= 15 is 4.79 Å². The van der Waals surface area contributed by atoms with Gasteiger partial charge in [0.25, 0.3) is 0 Å². The smallest absolute Gasteiger partial charge is 0.238 e. The molecule has 5 saturated carbocycles. The van der Waals surface area contributed by atoms with E-state index in [0.717, 1.165) is 44.1 Å². The van der Waals surface area contributed by atoms with Gasteiger partial charge in [-0.25, -0.2) is 0 Å². The molecule has 10 atom stereocenters. The van der Waals surface area contributed by atoms with Gasteiger partial charge in [0.15, 0.2) is 0 Å². The van der Waals surface area contributed by atoms with Crippen LogP contribution in [0.4, 0.5) is 5.69 Å². The molecule has 2 heterocycles. The second-order valence-corrected chi connectivity index (χ2v) is 19.2. The summed E-state index contributed by atoms with van der Waals surface area (Å²) in [6.07, 6.45) is 6.08. The van der Waals surface area contributed by atoms with E-state index in [1.807, 2.05) is 45.0 Å². The zero-order valence-corrected chi connectivity index (χ0v) is 30.3. The van der Waals surface area contributed by atoms with Crippen LogP contribution in [0.3, 0.4) is 0 Å². The van der Waals surface area contributed by atoms with Crippen LogP contribution in [0.1, 0.15) is 103 Å². The van der Waals surface area contributed by atoms with E-state index in [-0.39, 0.29) is 70.3 Å². The Kier molecular flexibility index (Phi) is 6.63. The molecule has 5 aliphatic carbocycles. The summed E-state index contributed by atoms with van der Waals surface area (Å²) in [5.74, 6) is -1.78. The minimum atomic E-state index is -0.613. The van der Waals surface area contributed by atoms with Crippen molar-refractivity contribution in [2.75, 3.05) is 4.90 Å². The molecular weight excluding hydrogens is 624 g/mol. The van der Waals surface area contributed by atoms with E-state index in [0.29, 0.717) is 18.5 Å². The van der Waals surface area contributed by atoms with Gasteiger partial charge < -0.3 is 0 Å². The van der Waals surface area contributed by atoms with Crippen LogP contribution in [0.25, 0.3) is 0 Å². The highest BCUT2D eigenvalue weighted by atomic mass is 16.2. The average Bonchev–Trinajstić information content (AvgIpc) is 3.87. The van der Waals surface area contributed by atoms with Crippen molar-refractivity contribution in [1.82, 2.24) is 4.90 Å². The van der Waals surface area contributed by atoms with Gasteiger partial charge in [0, 0.05) is 16.4 Å². The summed E-state index contributed by atoms with van der Waals surface area (Å²) >= 11 is 0. The zero-order valence-electron chi connectivity index (χ0n) is 30.3. The van der Waals surface area contributed by atoms with Crippen LogP contribution in [0.15, 0.2) is 48.5 Å². The number of carbonyl (C=O) groups is 5. The number of nitrogens with zero attached hydrogens (tertiary/aromatic N) is 2. The summed E-state index contributed by atoms with van der Waals surface area (Å²) in [6, 6.07) is 16.6. The average molecular weight is 675 g/mol. The lowest BCUT2D eigenvalue weighted by Gasteiger charge is -2.52. The van der Waals surface area contributed by atoms with Gasteiger partial charge in [0.05, 0.1) is 29.4 Å². The molecule has 2 aromatic rings. The first kappa shape index (κ1) is 32.3. The number of ketones is 1. The molecule has 4 amide bonds. The van der Waals surface area contributed by atoms with E-state index < -0.39 is 28.2 Å². The maximum absolute atomic E-state index is 15.2. The molecule has 10 unspecified atom stereocenters. The zero-order chi connectivity index (χ0) is 35.3. The molecule has 7 fully saturated rings. The maximum atomic E-state index is 15.2. The van der Waals surface area contributed by atoms with Crippen molar-refractivity contribution in [3.8, 4) is 0 Å². The van der Waals surface area contributed by atoms with Crippen LogP contribution < -0.4 is 4.90 Å². The van der Waals surface area contributed by atoms with Crippen LogP contribution in [0.5, 0.6) is 0 Å². The monoisotopic (exact) mass is 674 g/mol. The van der Waals surface area contributed by atoms with Crippen molar-refractivity contribution in [2.45, 2.75) is 104 Å². The van der Waals surface area contributed by atoms with Crippen molar-refractivity contribution in [1.29, 1.82) is 0 Å². The molecule has 7 aliphatic rings. The van der Waals surface area contributed by atoms with Crippen LogP contribution in [-0.2, 0) is 35.8 Å². The molecule has 7 nitrogen and oxygen atoms in total. The number of likely N-dealkylation sites (tertiary alicyclic amines) is 1. The summed E-state index contributed by atoms with van der Waals surface area (Å²) in [4.78, 5) is 73.9. The van der Waals surface area contributed by atoms with Gasteiger partial charge in [-0.05, 0) is 124 Å². The lowest BCUT2D eigenvalue weighted by atomic mass is 9.48. The Morgan fingerprint density at radius 1 is 0.620 bits per heavy atom. The Morgan fingerprint density at radius 3 is 1.60 bits per heavy atom. The first-order chi connectivity index (χ1) is 23.6. The standard InChI is InChI=1S/C43H50N2O5/c1-40(2,3)27-12-8-23(9-13-27)18-24-10-14-28(15-11-24)44-35(46)31-25-19-29(33(31)36(44)47)42(21-25)16-7-17-43(39(42)50)22-26-20-30(43)34-32(26)37(48)45(38(34)49)41(4,5)6/h8-15,25-26,29-34H,7,16-22H2,1-6H3. The summed E-state index contributed by atoms with van der Waals surface area (Å²) < 4.78 is 0. The molecule has 0 aromatic heterocycles. The number of rotatable bonds is 3. The van der Waals surface area contributed by atoms with Gasteiger partial charge >= 0.3 is 0 Å². The number of hydrogen-bond acceptors (Lipinski definition) is 5. The molecule has 2 saturated heterocycles. The van der Waals surface area contributed by atoms with E-state index in [2.05, 4.69) is 45.0 Å². The first-order valence-electron chi connectivity index (χ1n) is 19.1. The number of amides is 4. The lowest BCUT2D eigenvalue weighted by Crippen LogP contribution is -2.56. The highest BCUT2D eigenvalue weighted by molar-refractivity contribution is 6.23. The fourth-order valence-corrected chi connectivity index (χ4v) is 12.9. The topological polar surface area (TPSA) is 91.8 Å². The first-order valence-corrected chi connectivity index (χ1v) is 19.1. The number of anilines is 1. The van der Waals surface area contributed by atoms with Crippen molar-refractivity contribution in [2.24, 2.45) is 58.2 Å².